The highest BCUT2D eigenvalue weighted by molar-refractivity contribution is 6.46. The summed E-state index contributed by atoms with van der Waals surface area (Å²) in [6.45, 7) is 3.95. The van der Waals surface area contributed by atoms with Crippen LogP contribution < -0.4 is 16.4 Å². The van der Waals surface area contributed by atoms with E-state index in [0.29, 0.717) is 32.2 Å². The second-order valence-corrected chi connectivity index (χ2v) is 5.21. The molecular formula is C15H18F2N4O2. The molecule has 0 saturated carbocycles. The molecular weight excluding hydrogens is 306 g/mol. The van der Waals surface area contributed by atoms with Crippen molar-refractivity contribution in [2.45, 2.75) is 6.92 Å². The smallest absolute Gasteiger partial charge is 0.298 e. The molecule has 23 heavy (non-hydrogen) atoms. The highest BCUT2D eigenvalue weighted by atomic mass is 19.1. The van der Waals surface area contributed by atoms with Crippen molar-refractivity contribution in [1.29, 1.82) is 0 Å². The molecule has 4 N–H and O–H groups in total. The number of piperazine rings is 1. The Labute approximate surface area is 132 Å². The Balaban J connectivity index is 2.16. The molecule has 6 nitrogen and oxygen atoms in total. The van der Waals surface area contributed by atoms with Crippen LogP contribution in [0.15, 0.2) is 29.6 Å². The summed E-state index contributed by atoms with van der Waals surface area (Å²) in [6, 6.07) is 2.53. The molecule has 1 aromatic rings. The molecule has 0 bridgehead atoms. The molecule has 0 atom stereocenters. The highest BCUT2D eigenvalue weighted by Gasteiger charge is 2.27. The van der Waals surface area contributed by atoms with Gasteiger partial charge in [-0.15, -0.1) is 0 Å². The summed E-state index contributed by atoms with van der Waals surface area (Å²) in [5.41, 5.74) is 5.95. The lowest BCUT2D eigenvalue weighted by atomic mass is 10.1. The molecule has 1 amide bonds. The maximum atomic E-state index is 13.1. The summed E-state index contributed by atoms with van der Waals surface area (Å²) in [5.74, 6) is -3.52. The first kappa shape index (κ1) is 16.9. The number of amides is 1. The van der Waals surface area contributed by atoms with E-state index in [1.165, 1.54) is 6.92 Å². The fourth-order valence-corrected chi connectivity index (χ4v) is 2.38. The summed E-state index contributed by atoms with van der Waals surface area (Å²) < 4.78 is 26.3. The lowest BCUT2D eigenvalue weighted by Crippen LogP contribution is -2.46. The summed E-state index contributed by atoms with van der Waals surface area (Å²) in [5, 5.41) is 5.33. The minimum absolute atomic E-state index is 0.112. The average molecular weight is 324 g/mol. The Morgan fingerprint density at radius 2 is 1.74 bits per heavy atom. The van der Waals surface area contributed by atoms with E-state index in [1.807, 2.05) is 0 Å². The molecule has 0 spiro atoms. The first-order chi connectivity index (χ1) is 10.9. The zero-order valence-electron chi connectivity index (χ0n) is 12.7. The van der Waals surface area contributed by atoms with Crippen LogP contribution in [0.3, 0.4) is 0 Å². The van der Waals surface area contributed by atoms with Crippen molar-refractivity contribution < 1.29 is 18.4 Å². The lowest BCUT2D eigenvalue weighted by Gasteiger charge is -2.31. The number of benzene rings is 1. The number of allylic oxidation sites excluding steroid dienone is 1. The Bertz CT molecular complexity index is 631. The number of rotatable bonds is 4. The van der Waals surface area contributed by atoms with Crippen LogP contribution in [0.1, 0.15) is 6.92 Å². The number of hydrogen-bond donors (Lipinski definition) is 3. The molecule has 1 aliphatic rings. The van der Waals surface area contributed by atoms with E-state index < -0.39 is 23.3 Å². The molecule has 1 aliphatic heterocycles. The lowest BCUT2D eigenvalue weighted by molar-refractivity contribution is -0.133. The molecule has 1 saturated heterocycles. The van der Waals surface area contributed by atoms with Gasteiger partial charge in [0, 0.05) is 43.6 Å². The summed E-state index contributed by atoms with van der Waals surface area (Å²) >= 11 is 0. The van der Waals surface area contributed by atoms with E-state index in [-0.39, 0.29) is 17.1 Å². The second kappa shape index (κ2) is 7.19. The summed E-state index contributed by atoms with van der Waals surface area (Å²) in [7, 11) is 0. The van der Waals surface area contributed by atoms with E-state index >= 15 is 0 Å². The number of ketones is 1. The maximum absolute atomic E-state index is 13.1. The maximum Gasteiger partial charge on any atom is 0.298 e. The number of halogens is 2. The van der Waals surface area contributed by atoms with Crippen LogP contribution in [0, 0.1) is 11.6 Å². The number of nitrogens with two attached hydrogens (primary N) is 1. The van der Waals surface area contributed by atoms with Crippen LogP contribution in [0.5, 0.6) is 0 Å². The number of hydrogen-bond acceptors (Lipinski definition) is 5. The van der Waals surface area contributed by atoms with E-state index in [4.69, 9.17) is 5.73 Å². The Hall–Kier alpha value is -2.48. The van der Waals surface area contributed by atoms with Gasteiger partial charge < -0.3 is 21.3 Å². The van der Waals surface area contributed by atoms with Gasteiger partial charge in [0.05, 0.1) is 0 Å². The molecule has 0 unspecified atom stereocenters. The highest BCUT2D eigenvalue weighted by Crippen LogP contribution is 2.15. The first-order valence-electron chi connectivity index (χ1n) is 7.12. The van der Waals surface area contributed by atoms with Gasteiger partial charge in [0.15, 0.2) is 0 Å². The fraction of sp³-hybridized carbons (Fsp3) is 0.333. The number of carbonyl (C=O) groups is 2. The number of Topliss-reactive ketones (excluding diaryl/α,β-unsaturated/α-hetero) is 1. The molecule has 1 heterocycles. The van der Waals surface area contributed by atoms with Gasteiger partial charge in [0.25, 0.3) is 11.7 Å². The van der Waals surface area contributed by atoms with Crippen molar-refractivity contribution in [3.8, 4) is 0 Å². The number of carbonyl (C=O) groups excluding carboxylic acids is 2. The van der Waals surface area contributed by atoms with Gasteiger partial charge in [0.2, 0.25) is 0 Å². The number of nitrogens with zero attached hydrogens (tertiary/aromatic N) is 1. The molecule has 8 heteroatoms. The SMILES string of the molecule is CC(N)=C(C(=O)C(=O)Nc1cc(F)cc(F)c1)N1CCNCC1. The van der Waals surface area contributed by atoms with Gasteiger partial charge in [-0.1, -0.05) is 0 Å². The molecule has 2 rings (SSSR count). The van der Waals surface area contributed by atoms with Gasteiger partial charge in [0.1, 0.15) is 17.3 Å². The van der Waals surface area contributed by atoms with Crippen molar-refractivity contribution in [2.24, 2.45) is 5.73 Å². The zero-order valence-corrected chi connectivity index (χ0v) is 12.7. The van der Waals surface area contributed by atoms with Crippen LogP contribution >= 0.6 is 0 Å². The average Bonchev–Trinajstić information content (AvgIpc) is 2.46. The minimum atomic E-state index is -0.992. The number of anilines is 1. The topological polar surface area (TPSA) is 87.5 Å². The number of nitrogens with one attached hydrogen (secondary N) is 2. The molecule has 124 valence electrons. The Morgan fingerprint density at radius 3 is 2.26 bits per heavy atom. The summed E-state index contributed by atoms with van der Waals surface area (Å²) in [4.78, 5) is 26.2. The second-order valence-electron chi connectivity index (χ2n) is 5.21. The Kier molecular flexibility index (Phi) is 5.28. The molecule has 0 radical (unpaired) electrons. The third kappa shape index (κ3) is 4.26. The summed E-state index contributed by atoms with van der Waals surface area (Å²) in [6.07, 6.45) is 0. The third-order valence-electron chi connectivity index (χ3n) is 3.35. The van der Waals surface area contributed by atoms with Crippen LogP contribution in [0.25, 0.3) is 0 Å². The van der Waals surface area contributed by atoms with Crippen molar-refractivity contribution in [3.05, 3.63) is 41.2 Å². The molecule has 1 aromatic carbocycles. The molecule has 1 fully saturated rings. The van der Waals surface area contributed by atoms with E-state index in [9.17, 15) is 18.4 Å². The quantitative estimate of drug-likeness (QED) is 0.557. The minimum Gasteiger partial charge on any atom is -0.400 e. The van der Waals surface area contributed by atoms with Crippen molar-refractivity contribution in [1.82, 2.24) is 10.2 Å². The van der Waals surface area contributed by atoms with Gasteiger partial charge in [-0.2, -0.15) is 0 Å². The van der Waals surface area contributed by atoms with Crippen LogP contribution in [-0.4, -0.2) is 42.8 Å². The van der Waals surface area contributed by atoms with Crippen LogP contribution in [-0.2, 0) is 9.59 Å². The van der Waals surface area contributed by atoms with Crippen molar-refractivity contribution >= 4 is 17.4 Å². The molecule has 0 aromatic heterocycles. The standard InChI is InChI=1S/C15H18F2N4O2/c1-9(18)13(21-4-2-19-3-5-21)14(22)15(23)20-12-7-10(16)6-11(17)8-12/h6-8,19H,2-5,18H2,1H3,(H,20,23). The first-order valence-corrected chi connectivity index (χ1v) is 7.12. The van der Waals surface area contributed by atoms with Crippen LogP contribution in [0.2, 0.25) is 0 Å². The Morgan fingerprint density at radius 1 is 1.17 bits per heavy atom. The van der Waals surface area contributed by atoms with Crippen LogP contribution in [0.4, 0.5) is 14.5 Å². The normalized spacial score (nSPS) is 15.9. The fourth-order valence-electron chi connectivity index (χ4n) is 2.38. The van der Waals surface area contributed by atoms with E-state index in [1.54, 1.807) is 4.90 Å². The predicted octanol–water partition coefficient (Wildman–Crippen LogP) is 0.568. The van der Waals surface area contributed by atoms with Gasteiger partial charge >= 0.3 is 0 Å². The largest absolute Gasteiger partial charge is 0.400 e. The van der Waals surface area contributed by atoms with Gasteiger partial charge in [-0.05, 0) is 19.1 Å². The monoisotopic (exact) mass is 324 g/mol. The zero-order chi connectivity index (χ0) is 17.0. The third-order valence-corrected chi connectivity index (χ3v) is 3.35. The van der Waals surface area contributed by atoms with Gasteiger partial charge in [-0.3, -0.25) is 9.59 Å². The van der Waals surface area contributed by atoms with Crippen molar-refractivity contribution in [3.63, 3.8) is 0 Å². The predicted molar refractivity (Wildman–Crippen MR) is 81.3 cm³/mol. The van der Waals surface area contributed by atoms with Gasteiger partial charge in [-0.25, -0.2) is 8.78 Å². The van der Waals surface area contributed by atoms with E-state index in [2.05, 4.69) is 10.6 Å². The molecule has 0 aliphatic carbocycles. The van der Waals surface area contributed by atoms with Crippen molar-refractivity contribution in [2.75, 3.05) is 31.5 Å². The van der Waals surface area contributed by atoms with E-state index in [0.717, 1.165) is 12.1 Å².